The minimum absolute atomic E-state index is 0.396. The maximum absolute atomic E-state index is 10.6. The molecule has 0 heterocycles. The van der Waals surface area contributed by atoms with Crippen LogP contribution in [0, 0.1) is 12.3 Å². The van der Waals surface area contributed by atoms with Crippen LogP contribution in [0.3, 0.4) is 0 Å². The number of esters is 1. The zero-order valence-corrected chi connectivity index (χ0v) is 6.28. The highest BCUT2D eigenvalue weighted by Gasteiger charge is 1.98. The minimum atomic E-state index is -0.709. The molecule has 0 amide bonds. The van der Waals surface area contributed by atoms with Gasteiger partial charge in [-0.25, -0.2) is 4.79 Å². The molecule has 0 spiro atoms. The summed E-state index contributed by atoms with van der Waals surface area (Å²) in [5, 5.41) is 0. The fourth-order valence-electron chi connectivity index (χ4n) is 0.672. The lowest BCUT2D eigenvalue weighted by molar-refractivity contribution is -0.128. The van der Waals surface area contributed by atoms with E-state index < -0.39 is 5.97 Å². The van der Waals surface area contributed by atoms with Gasteiger partial charge < -0.3 is 10.5 Å². The molecule has 0 aliphatic heterocycles. The van der Waals surface area contributed by atoms with Gasteiger partial charge in [-0.15, -0.1) is 6.42 Å². The summed E-state index contributed by atoms with van der Waals surface area (Å²) in [6.07, 6.45) is 4.80. The highest BCUT2D eigenvalue weighted by Crippen LogP contribution is 2.12. The van der Waals surface area contributed by atoms with E-state index in [2.05, 4.69) is 4.74 Å². The van der Waals surface area contributed by atoms with Gasteiger partial charge in [0, 0.05) is 11.6 Å². The Morgan fingerprint density at radius 2 is 2.00 bits per heavy atom. The van der Waals surface area contributed by atoms with Crippen LogP contribution in [0.5, 0.6) is 5.75 Å². The molecule has 2 N–H and O–H groups in total. The van der Waals surface area contributed by atoms with Crippen LogP contribution in [0.1, 0.15) is 0 Å². The predicted molar refractivity (Wildman–Crippen MR) is 45.3 cm³/mol. The first-order chi connectivity index (χ1) is 5.72. The third-order valence-corrected chi connectivity index (χ3v) is 1.21. The van der Waals surface area contributed by atoms with Crippen LogP contribution >= 0.6 is 0 Å². The fourth-order valence-corrected chi connectivity index (χ4v) is 0.672. The number of hydrogen-bond donors (Lipinski definition) is 1. The largest absolute Gasteiger partial charge is 0.417 e. The van der Waals surface area contributed by atoms with Crippen molar-refractivity contribution in [3.8, 4) is 18.1 Å². The van der Waals surface area contributed by atoms with E-state index in [0.717, 1.165) is 0 Å². The number of ether oxygens (including phenoxy) is 1. The summed E-state index contributed by atoms with van der Waals surface area (Å²) < 4.78 is 4.69. The molecule has 0 saturated heterocycles. The van der Waals surface area contributed by atoms with Crippen LogP contribution in [-0.2, 0) is 4.79 Å². The summed E-state index contributed by atoms with van der Waals surface area (Å²) in [5.74, 6) is 1.52. The van der Waals surface area contributed by atoms with Crippen LogP contribution in [0.25, 0.3) is 0 Å². The molecule has 0 aliphatic rings. The van der Waals surface area contributed by atoms with Crippen molar-refractivity contribution < 1.29 is 9.53 Å². The van der Waals surface area contributed by atoms with Gasteiger partial charge in [-0.05, 0) is 24.3 Å². The molecule has 12 heavy (non-hydrogen) atoms. The first-order valence-electron chi connectivity index (χ1n) is 3.26. The van der Waals surface area contributed by atoms with Gasteiger partial charge in [-0.1, -0.05) is 0 Å². The molecule has 0 fully saturated rings. The molecule has 0 atom stereocenters. The van der Waals surface area contributed by atoms with E-state index in [1.165, 1.54) is 0 Å². The summed E-state index contributed by atoms with van der Waals surface area (Å²) in [7, 11) is 0. The smallest absolute Gasteiger partial charge is 0.389 e. The van der Waals surface area contributed by atoms with Crippen LogP contribution in [0.2, 0.25) is 0 Å². The number of anilines is 1. The molecular weight excluding hydrogens is 154 g/mol. The van der Waals surface area contributed by atoms with Gasteiger partial charge in [0.15, 0.2) is 0 Å². The van der Waals surface area contributed by atoms with Gasteiger partial charge in [0.1, 0.15) is 5.75 Å². The second-order valence-electron chi connectivity index (χ2n) is 2.10. The zero-order chi connectivity index (χ0) is 8.97. The van der Waals surface area contributed by atoms with E-state index in [4.69, 9.17) is 12.2 Å². The minimum Gasteiger partial charge on any atom is -0.417 e. The van der Waals surface area contributed by atoms with E-state index in [1.807, 2.05) is 5.92 Å². The zero-order valence-electron chi connectivity index (χ0n) is 6.28. The topological polar surface area (TPSA) is 52.3 Å². The van der Waals surface area contributed by atoms with Gasteiger partial charge in [-0.3, -0.25) is 0 Å². The van der Waals surface area contributed by atoms with Crippen molar-refractivity contribution in [2.75, 3.05) is 5.73 Å². The number of benzene rings is 1. The Balaban J connectivity index is 2.73. The highest BCUT2D eigenvalue weighted by molar-refractivity contribution is 5.89. The first-order valence-corrected chi connectivity index (χ1v) is 3.26. The van der Waals surface area contributed by atoms with Crippen LogP contribution in [0.4, 0.5) is 5.69 Å². The molecule has 0 saturated carbocycles. The quantitative estimate of drug-likeness (QED) is 0.218. The Morgan fingerprint density at radius 3 is 2.50 bits per heavy atom. The number of nitrogen functional groups attached to an aromatic ring is 1. The van der Waals surface area contributed by atoms with Crippen molar-refractivity contribution in [3.63, 3.8) is 0 Å². The normalized spacial score (nSPS) is 8.58. The number of carbonyl (C=O) groups is 1. The summed E-state index contributed by atoms with van der Waals surface area (Å²) in [6, 6.07) is 6.40. The van der Waals surface area contributed by atoms with Crippen molar-refractivity contribution in [2.45, 2.75) is 0 Å². The monoisotopic (exact) mass is 161 g/mol. The standard InChI is InChI=1S/C9H7NO2/c1-2-9(11)12-8-5-3-7(10)4-6-8/h1,3-6H,10H2. The lowest BCUT2D eigenvalue weighted by Crippen LogP contribution is -2.03. The van der Waals surface area contributed by atoms with Gasteiger partial charge in [0.2, 0.25) is 0 Å². The highest BCUT2D eigenvalue weighted by atomic mass is 16.5. The Morgan fingerprint density at radius 1 is 1.42 bits per heavy atom. The summed E-state index contributed by atoms with van der Waals surface area (Å²) in [6.45, 7) is 0. The molecule has 0 bridgehead atoms. The lowest BCUT2D eigenvalue weighted by atomic mass is 10.3. The van der Waals surface area contributed by atoms with E-state index in [1.54, 1.807) is 24.3 Å². The number of hydrogen-bond acceptors (Lipinski definition) is 3. The summed E-state index contributed by atoms with van der Waals surface area (Å²) in [5.41, 5.74) is 6.02. The Bertz CT molecular complexity index is 321. The van der Waals surface area contributed by atoms with Crippen LogP contribution in [-0.4, -0.2) is 5.97 Å². The molecule has 0 unspecified atom stereocenters. The molecule has 3 nitrogen and oxygen atoms in total. The number of carbonyl (C=O) groups excluding carboxylic acids is 1. The van der Waals surface area contributed by atoms with Gasteiger partial charge in [0.25, 0.3) is 0 Å². The third-order valence-electron chi connectivity index (χ3n) is 1.21. The van der Waals surface area contributed by atoms with Crippen molar-refractivity contribution >= 4 is 11.7 Å². The van der Waals surface area contributed by atoms with Crippen LogP contribution < -0.4 is 10.5 Å². The molecule has 1 aromatic rings. The molecule has 0 aliphatic carbocycles. The predicted octanol–water partition coefficient (Wildman–Crippen LogP) is 0.807. The number of terminal acetylenes is 1. The Labute approximate surface area is 70.1 Å². The molecule has 3 heteroatoms. The summed E-state index contributed by atoms with van der Waals surface area (Å²) in [4.78, 5) is 10.6. The lowest BCUT2D eigenvalue weighted by Gasteiger charge is -1.98. The van der Waals surface area contributed by atoms with Crippen molar-refractivity contribution in [3.05, 3.63) is 24.3 Å². The second kappa shape index (κ2) is 3.44. The maximum Gasteiger partial charge on any atom is 0.389 e. The van der Waals surface area contributed by atoms with E-state index >= 15 is 0 Å². The van der Waals surface area contributed by atoms with E-state index in [-0.39, 0.29) is 0 Å². The molecule has 1 aromatic carbocycles. The molecule has 60 valence electrons. The summed E-state index contributed by atoms with van der Waals surface area (Å²) >= 11 is 0. The van der Waals surface area contributed by atoms with Crippen molar-refractivity contribution in [1.29, 1.82) is 0 Å². The van der Waals surface area contributed by atoms with Gasteiger partial charge in [0.05, 0.1) is 0 Å². The van der Waals surface area contributed by atoms with Crippen molar-refractivity contribution in [1.82, 2.24) is 0 Å². The van der Waals surface area contributed by atoms with Crippen LogP contribution in [0.15, 0.2) is 24.3 Å². The molecular formula is C9H7NO2. The van der Waals surface area contributed by atoms with Crippen molar-refractivity contribution in [2.24, 2.45) is 0 Å². The maximum atomic E-state index is 10.6. The van der Waals surface area contributed by atoms with E-state index in [9.17, 15) is 4.79 Å². The number of nitrogens with two attached hydrogens (primary N) is 1. The molecule has 0 radical (unpaired) electrons. The van der Waals surface area contributed by atoms with E-state index in [0.29, 0.717) is 11.4 Å². The van der Waals surface area contributed by atoms with Gasteiger partial charge in [-0.2, -0.15) is 0 Å². The second-order valence-corrected chi connectivity index (χ2v) is 2.10. The fraction of sp³-hybridized carbons (Fsp3) is 0. The molecule has 1 rings (SSSR count). The molecule has 0 aromatic heterocycles. The first kappa shape index (κ1) is 8.15. The average molecular weight is 161 g/mol. The Kier molecular flexibility index (Phi) is 2.34. The average Bonchev–Trinajstić information content (AvgIpc) is 2.09. The SMILES string of the molecule is C#CC(=O)Oc1ccc(N)cc1. The number of rotatable bonds is 1. The Hall–Kier alpha value is -1.95. The third kappa shape index (κ3) is 2.03. The van der Waals surface area contributed by atoms with Gasteiger partial charge >= 0.3 is 5.97 Å².